The first-order chi connectivity index (χ1) is 19.8. The van der Waals surface area contributed by atoms with Crippen LogP contribution in [0.3, 0.4) is 0 Å². The molecule has 1 aromatic heterocycles. The SMILES string of the molecule is COCCCCc1c(C(=O)C(N[C@H]2C[C@@H](C(=O)N3CCOCC3)CN(C(=O)O)C2)C(C)C)ncn1-c1ccccc1. The van der Waals surface area contributed by atoms with E-state index in [1.165, 1.54) is 4.90 Å². The lowest BCUT2D eigenvalue weighted by atomic mass is 9.89. The molecule has 0 spiro atoms. The number of carbonyl (C=O) groups excluding carboxylic acids is 2. The average Bonchev–Trinajstić information content (AvgIpc) is 3.41. The van der Waals surface area contributed by atoms with Crippen molar-refractivity contribution >= 4 is 17.8 Å². The second kappa shape index (κ2) is 14.6. The molecule has 0 aliphatic carbocycles. The number of Topliss-reactive ketones (excluding diaryl/α,β-unsaturated/α-hetero) is 1. The fourth-order valence-electron chi connectivity index (χ4n) is 5.74. The maximum atomic E-state index is 14.1. The Morgan fingerprint density at radius 1 is 1.10 bits per heavy atom. The number of rotatable bonds is 12. The number of likely N-dealkylation sites (tertiary alicyclic amines) is 1. The van der Waals surface area contributed by atoms with E-state index >= 15 is 0 Å². The summed E-state index contributed by atoms with van der Waals surface area (Å²) in [5.74, 6) is -0.746. The summed E-state index contributed by atoms with van der Waals surface area (Å²) in [5.41, 5.74) is 2.20. The number of carboxylic acid groups (broad SMARTS) is 1. The number of ether oxygens (including phenoxy) is 2. The Kier molecular flexibility index (Phi) is 10.9. The molecule has 2 fully saturated rings. The molecule has 224 valence electrons. The first kappa shape index (κ1) is 30.7. The maximum Gasteiger partial charge on any atom is 0.407 e. The van der Waals surface area contributed by atoms with Gasteiger partial charge < -0.3 is 34.3 Å². The van der Waals surface area contributed by atoms with Crippen LogP contribution >= 0.6 is 0 Å². The van der Waals surface area contributed by atoms with Gasteiger partial charge in [-0.1, -0.05) is 32.0 Å². The van der Waals surface area contributed by atoms with Crippen molar-refractivity contribution in [3.8, 4) is 5.69 Å². The van der Waals surface area contributed by atoms with Crippen molar-refractivity contribution in [1.29, 1.82) is 0 Å². The van der Waals surface area contributed by atoms with Crippen LogP contribution in [0.1, 0.15) is 49.3 Å². The maximum absolute atomic E-state index is 14.1. The molecule has 3 heterocycles. The number of amides is 2. The van der Waals surface area contributed by atoms with Gasteiger partial charge in [0.2, 0.25) is 5.91 Å². The van der Waals surface area contributed by atoms with E-state index in [-0.39, 0.29) is 36.7 Å². The highest BCUT2D eigenvalue weighted by atomic mass is 16.5. The summed E-state index contributed by atoms with van der Waals surface area (Å²) in [7, 11) is 1.68. The molecular formula is C30H43N5O6. The van der Waals surface area contributed by atoms with Crippen LogP contribution in [-0.2, 0) is 20.7 Å². The Labute approximate surface area is 241 Å². The third-order valence-electron chi connectivity index (χ3n) is 7.90. The number of ketones is 1. The topological polar surface area (TPSA) is 126 Å². The first-order valence-corrected chi connectivity index (χ1v) is 14.5. The molecule has 4 rings (SSSR count). The van der Waals surface area contributed by atoms with Gasteiger partial charge in [-0.25, -0.2) is 9.78 Å². The number of carbonyl (C=O) groups is 3. The fraction of sp³-hybridized carbons (Fsp3) is 0.600. The minimum Gasteiger partial charge on any atom is -0.465 e. The Bertz CT molecular complexity index is 1160. The molecule has 1 aromatic carbocycles. The molecule has 0 saturated carbocycles. The summed E-state index contributed by atoms with van der Waals surface area (Å²) in [4.78, 5) is 47.1. The zero-order chi connectivity index (χ0) is 29.4. The van der Waals surface area contributed by atoms with Gasteiger partial charge in [0.1, 0.15) is 12.0 Å². The molecule has 2 aliphatic heterocycles. The normalized spacial score (nSPS) is 20.3. The lowest BCUT2D eigenvalue weighted by Gasteiger charge is -2.40. The monoisotopic (exact) mass is 569 g/mol. The van der Waals surface area contributed by atoms with Gasteiger partial charge in [0.05, 0.1) is 30.9 Å². The number of hydrogen-bond acceptors (Lipinski definition) is 7. The number of piperidine rings is 1. The van der Waals surface area contributed by atoms with Crippen LogP contribution in [0.5, 0.6) is 0 Å². The number of imidazole rings is 1. The Balaban J connectivity index is 1.56. The summed E-state index contributed by atoms with van der Waals surface area (Å²) in [6.07, 6.45) is 3.46. The Hall–Kier alpha value is -3.28. The van der Waals surface area contributed by atoms with E-state index in [4.69, 9.17) is 9.47 Å². The predicted octanol–water partition coefficient (Wildman–Crippen LogP) is 2.87. The van der Waals surface area contributed by atoms with Gasteiger partial charge in [-0.2, -0.15) is 0 Å². The molecule has 0 bridgehead atoms. The van der Waals surface area contributed by atoms with E-state index < -0.39 is 18.1 Å². The Morgan fingerprint density at radius 3 is 2.49 bits per heavy atom. The van der Waals surface area contributed by atoms with Gasteiger partial charge in [0, 0.05) is 51.6 Å². The Morgan fingerprint density at radius 2 is 1.83 bits per heavy atom. The van der Waals surface area contributed by atoms with Crippen LogP contribution in [-0.4, -0.2) is 107 Å². The largest absolute Gasteiger partial charge is 0.465 e. The molecule has 2 aliphatic rings. The van der Waals surface area contributed by atoms with Crippen LogP contribution in [0.25, 0.3) is 5.69 Å². The van der Waals surface area contributed by atoms with E-state index in [1.807, 2.05) is 48.7 Å². The molecular weight excluding hydrogens is 526 g/mol. The third-order valence-corrected chi connectivity index (χ3v) is 7.90. The van der Waals surface area contributed by atoms with Crippen molar-refractivity contribution in [3.05, 3.63) is 48.0 Å². The molecule has 2 amide bonds. The van der Waals surface area contributed by atoms with Gasteiger partial charge in [-0.15, -0.1) is 0 Å². The van der Waals surface area contributed by atoms with Crippen LogP contribution in [0.15, 0.2) is 36.7 Å². The van der Waals surface area contributed by atoms with E-state index in [0.29, 0.717) is 51.4 Å². The first-order valence-electron chi connectivity index (χ1n) is 14.5. The number of nitrogens with one attached hydrogen (secondary N) is 1. The third kappa shape index (κ3) is 7.72. The standard InChI is InChI=1S/C30H43N5O6/c1-21(2)26(32-23-17-22(18-34(19-23)30(38)39)29(37)33-12-15-41-16-13-33)28(36)27-25(11-7-8-14-40-3)35(20-31-27)24-9-5-4-6-10-24/h4-6,9-10,20-23,26,32H,7-8,11-19H2,1-3H3,(H,38,39)/t22-,23+,26?/m1/s1. The van der Waals surface area contributed by atoms with E-state index in [0.717, 1.165) is 24.2 Å². The molecule has 2 aromatic rings. The van der Waals surface area contributed by atoms with Gasteiger partial charge in [-0.3, -0.25) is 9.59 Å². The van der Waals surface area contributed by atoms with E-state index in [1.54, 1.807) is 18.3 Å². The van der Waals surface area contributed by atoms with Crippen molar-refractivity contribution in [2.75, 3.05) is 53.1 Å². The number of methoxy groups -OCH3 is 1. The quantitative estimate of drug-likeness (QED) is 0.295. The summed E-state index contributed by atoms with van der Waals surface area (Å²) in [6, 6.07) is 8.89. The van der Waals surface area contributed by atoms with Crippen molar-refractivity contribution < 1.29 is 29.0 Å². The molecule has 2 N–H and O–H groups in total. The van der Waals surface area contributed by atoms with Crippen molar-refractivity contribution in [1.82, 2.24) is 24.7 Å². The minimum absolute atomic E-state index is 0.0570. The summed E-state index contributed by atoms with van der Waals surface area (Å²) < 4.78 is 12.6. The van der Waals surface area contributed by atoms with Crippen molar-refractivity contribution in [2.24, 2.45) is 11.8 Å². The van der Waals surface area contributed by atoms with Crippen LogP contribution in [0.2, 0.25) is 0 Å². The summed E-state index contributed by atoms with van der Waals surface area (Å²) in [6.45, 7) is 6.91. The van der Waals surface area contributed by atoms with Gasteiger partial charge in [0.25, 0.3) is 0 Å². The second-order valence-corrected chi connectivity index (χ2v) is 11.2. The summed E-state index contributed by atoms with van der Waals surface area (Å²) >= 11 is 0. The number of para-hydroxylation sites is 1. The molecule has 0 radical (unpaired) electrons. The van der Waals surface area contributed by atoms with E-state index in [9.17, 15) is 19.5 Å². The number of aromatic nitrogens is 2. The average molecular weight is 570 g/mol. The fourth-order valence-corrected chi connectivity index (χ4v) is 5.74. The lowest BCUT2D eigenvalue weighted by Crippen LogP contribution is -2.58. The molecule has 2 saturated heterocycles. The second-order valence-electron chi connectivity index (χ2n) is 11.2. The van der Waals surface area contributed by atoms with Crippen LogP contribution in [0, 0.1) is 11.8 Å². The highest BCUT2D eigenvalue weighted by Gasteiger charge is 2.39. The van der Waals surface area contributed by atoms with Gasteiger partial charge in [-0.05, 0) is 43.7 Å². The molecule has 3 atom stereocenters. The number of nitrogens with zero attached hydrogens (tertiary/aromatic N) is 4. The van der Waals surface area contributed by atoms with Crippen LogP contribution in [0.4, 0.5) is 4.79 Å². The molecule has 41 heavy (non-hydrogen) atoms. The number of unbranched alkanes of at least 4 members (excludes halogenated alkanes) is 1. The number of hydrogen-bond donors (Lipinski definition) is 2. The molecule has 11 heteroatoms. The minimum atomic E-state index is -1.07. The molecule has 1 unspecified atom stereocenters. The highest BCUT2D eigenvalue weighted by molar-refractivity contribution is 5.99. The number of morpholine rings is 1. The number of benzene rings is 1. The lowest BCUT2D eigenvalue weighted by molar-refractivity contribution is -0.141. The summed E-state index contributed by atoms with van der Waals surface area (Å²) in [5, 5.41) is 13.3. The van der Waals surface area contributed by atoms with E-state index in [2.05, 4.69) is 10.3 Å². The zero-order valence-electron chi connectivity index (χ0n) is 24.3. The van der Waals surface area contributed by atoms with Crippen molar-refractivity contribution in [2.45, 2.75) is 51.6 Å². The van der Waals surface area contributed by atoms with Crippen LogP contribution < -0.4 is 5.32 Å². The molecule has 11 nitrogen and oxygen atoms in total. The van der Waals surface area contributed by atoms with Crippen molar-refractivity contribution in [3.63, 3.8) is 0 Å². The van der Waals surface area contributed by atoms with Gasteiger partial charge in [0.15, 0.2) is 5.78 Å². The zero-order valence-corrected chi connectivity index (χ0v) is 24.3. The van der Waals surface area contributed by atoms with Gasteiger partial charge >= 0.3 is 6.09 Å². The smallest absolute Gasteiger partial charge is 0.407 e. The predicted molar refractivity (Wildman–Crippen MR) is 153 cm³/mol. The highest BCUT2D eigenvalue weighted by Crippen LogP contribution is 2.24.